The molecule has 1 aliphatic rings. The summed E-state index contributed by atoms with van der Waals surface area (Å²) in [6.07, 6.45) is 4.10. The number of rotatable bonds is 6. The zero-order chi connectivity index (χ0) is 35.1. The third-order valence-corrected chi connectivity index (χ3v) is 10.3. The molecule has 7 heteroatoms. The van der Waals surface area contributed by atoms with E-state index >= 15 is 0 Å². The molecule has 0 saturated carbocycles. The van der Waals surface area contributed by atoms with Gasteiger partial charge in [-0.1, -0.05) is 92.7 Å². The average Bonchev–Trinajstić information content (AvgIpc) is 3.97. The minimum atomic E-state index is 0. The number of benzene rings is 6. The van der Waals surface area contributed by atoms with E-state index in [-0.39, 0.29) is 21.1 Å². The second-order valence-corrected chi connectivity index (χ2v) is 14.2. The first-order valence-corrected chi connectivity index (χ1v) is 17.8. The molecule has 0 amide bonds. The van der Waals surface area contributed by atoms with Crippen molar-refractivity contribution in [1.29, 1.82) is 0 Å². The first kappa shape index (κ1) is 33.3. The molecule has 9 aromatic rings. The van der Waals surface area contributed by atoms with Gasteiger partial charge in [-0.3, -0.25) is 4.68 Å². The van der Waals surface area contributed by atoms with Crippen molar-refractivity contribution in [3.05, 3.63) is 152 Å². The van der Waals surface area contributed by atoms with E-state index in [4.69, 9.17) is 13.9 Å². The molecule has 0 fully saturated rings. The monoisotopic (exact) mass is 870 g/mol. The Kier molecular flexibility index (Phi) is 8.05. The van der Waals surface area contributed by atoms with Crippen LogP contribution in [0.3, 0.4) is 0 Å². The molecule has 0 atom stereocenters. The molecular weight excluding hydrogens is 836 g/mol. The maximum absolute atomic E-state index is 6.44. The minimum Gasteiger partial charge on any atom is -0.511 e. The van der Waals surface area contributed by atoms with Crippen LogP contribution in [0.2, 0.25) is 0 Å². The van der Waals surface area contributed by atoms with Crippen molar-refractivity contribution in [2.45, 2.75) is 39.5 Å². The van der Waals surface area contributed by atoms with Gasteiger partial charge in [-0.25, -0.2) is 0 Å². The Labute approximate surface area is 322 Å². The molecule has 1 aliphatic heterocycles. The molecule has 0 radical (unpaired) electrons. The van der Waals surface area contributed by atoms with E-state index in [1.165, 1.54) is 16.7 Å². The van der Waals surface area contributed by atoms with Crippen LogP contribution in [0.15, 0.2) is 130 Å². The molecular formula is C46H35N4O2Pt-3. The Morgan fingerprint density at radius 2 is 1.13 bits per heavy atom. The van der Waals surface area contributed by atoms with Crippen molar-refractivity contribution in [3.63, 3.8) is 0 Å². The van der Waals surface area contributed by atoms with Crippen LogP contribution in [0.5, 0.6) is 0 Å². The molecule has 6 nitrogen and oxygen atoms in total. The summed E-state index contributed by atoms with van der Waals surface area (Å²) in [5.74, 6) is 0.783. The largest absolute Gasteiger partial charge is 0.511 e. The predicted octanol–water partition coefficient (Wildman–Crippen LogP) is 12.6. The van der Waals surface area contributed by atoms with E-state index < -0.39 is 0 Å². The van der Waals surface area contributed by atoms with Gasteiger partial charge in [-0.05, 0) is 70.6 Å². The number of hydrogen-bond acceptors (Lipinski definition) is 5. The fourth-order valence-electron chi connectivity index (χ4n) is 7.79. The van der Waals surface area contributed by atoms with Crippen LogP contribution in [-0.2, 0) is 21.1 Å². The van der Waals surface area contributed by atoms with Crippen LogP contribution in [0.4, 0.5) is 22.7 Å². The Bertz CT molecular complexity index is 2780. The Balaban J connectivity index is 0.00000372. The number of para-hydroxylation sites is 3. The first-order valence-electron chi connectivity index (χ1n) is 17.8. The van der Waals surface area contributed by atoms with Crippen LogP contribution in [0.1, 0.15) is 50.7 Å². The van der Waals surface area contributed by atoms with E-state index in [1.54, 1.807) is 0 Å². The zero-order valence-corrected chi connectivity index (χ0v) is 32.0. The Hall–Kier alpha value is -5.58. The molecule has 10 rings (SSSR count). The third kappa shape index (κ3) is 5.30. The number of fused-ring (bicyclic) bond motifs is 8. The molecule has 0 bridgehead atoms. The summed E-state index contributed by atoms with van der Waals surface area (Å²) >= 11 is 0. The summed E-state index contributed by atoms with van der Waals surface area (Å²) in [6.45, 7) is 11.1. The summed E-state index contributed by atoms with van der Waals surface area (Å²) in [5.41, 5.74) is 13.2. The van der Waals surface area contributed by atoms with Crippen LogP contribution < -0.4 is 9.80 Å². The molecule has 6 aromatic carbocycles. The van der Waals surface area contributed by atoms with Crippen molar-refractivity contribution < 1.29 is 29.9 Å². The number of hydrogen-bond donors (Lipinski definition) is 0. The summed E-state index contributed by atoms with van der Waals surface area (Å²) in [5, 5.41) is 8.56. The molecule has 0 unspecified atom stereocenters. The second-order valence-electron chi connectivity index (χ2n) is 14.2. The van der Waals surface area contributed by atoms with Crippen molar-refractivity contribution in [1.82, 2.24) is 9.78 Å². The molecule has 0 spiro atoms. The quantitative estimate of drug-likeness (QED) is 0.156. The van der Waals surface area contributed by atoms with Crippen LogP contribution in [0.25, 0.3) is 60.7 Å². The van der Waals surface area contributed by atoms with Gasteiger partial charge in [0.1, 0.15) is 0 Å². The Morgan fingerprint density at radius 1 is 0.585 bits per heavy atom. The second kappa shape index (κ2) is 12.8. The summed E-state index contributed by atoms with van der Waals surface area (Å²) in [6, 6.07) is 45.0. The van der Waals surface area contributed by atoms with Crippen molar-refractivity contribution in [2.24, 2.45) is 0 Å². The van der Waals surface area contributed by atoms with E-state index in [1.807, 2.05) is 47.3 Å². The van der Waals surface area contributed by atoms with Gasteiger partial charge in [0.15, 0.2) is 0 Å². The zero-order valence-electron chi connectivity index (χ0n) is 29.7. The smallest absolute Gasteiger partial charge is 0.0722 e. The molecule has 0 aliphatic carbocycles. The van der Waals surface area contributed by atoms with E-state index in [9.17, 15) is 0 Å². The van der Waals surface area contributed by atoms with Gasteiger partial charge in [-0.15, -0.1) is 53.8 Å². The number of aromatic nitrogens is 2. The molecule has 0 N–H and O–H groups in total. The standard InChI is InChI=1S/C46H35N4O2.Pt/c1-28(2)34-13-10-14-35(29(3)4)44(34)30-25-47-50(26-30)33-18-20-41-37(24-33)46-43(52-41)22-21-42-45(46)36-23-32(17-19-40(36)51-42)49-27-48(31-11-6-5-7-12-31)38-15-8-9-16-39(38)49;/h5-22,25-29H,1-4H3;/q-3;. The molecule has 0 saturated heterocycles. The minimum absolute atomic E-state index is 0. The van der Waals surface area contributed by atoms with Crippen molar-refractivity contribution in [3.8, 4) is 16.8 Å². The fraction of sp³-hybridized carbons (Fsp3) is 0.130. The predicted molar refractivity (Wildman–Crippen MR) is 211 cm³/mol. The van der Waals surface area contributed by atoms with Crippen LogP contribution in [0, 0.1) is 18.8 Å². The SMILES string of the molecule is CC(C)c1cccc(C(C)C)c1-c1cnn(-c2[c-]c3c(cc2)oc2ccc4oc5ccc(N6[CH-]N(c7ccccc7)c7ccccc76)[c-]c5c4c23)c1.[Pt]. The Morgan fingerprint density at radius 3 is 1.75 bits per heavy atom. The van der Waals surface area contributed by atoms with Gasteiger partial charge >= 0.3 is 0 Å². The molecule has 53 heavy (non-hydrogen) atoms. The maximum atomic E-state index is 6.44. The van der Waals surface area contributed by atoms with Crippen LogP contribution in [-0.4, -0.2) is 9.78 Å². The van der Waals surface area contributed by atoms with Crippen molar-refractivity contribution >= 4 is 66.6 Å². The van der Waals surface area contributed by atoms with Crippen molar-refractivity contribution in [2.75, 3.05) is 9.80 Å². The summed E-state index contributed by atoms with van der Waals surface area (Å²) < 4.78 is 14.8. The van der Waals surface area contributed by atoms with Gasteiger partial charge in [0.25, 0.3) is 0 Å². The van der Waals surface area contributed by atoms with E-state index in [0.717, 1.165) is 77.9 Å². The average molecular weight is 871 g/mol. The molecule has 3 aromatic heterocycles. The normalized spacial score (nSPS) is 12.9. The van der Waals surface area contributed by atoms with Gasteiger partial charge in [-0.2, -0.15) is 5.10 Å². The van der Waals surface area contributed by atoms with Gasteiger partial charge in [0.2, 0.25) is 0 Å². The van der Waals surface area contributed by atoms with Gasteiger partial charge in [0, 0.05) is 61.1 Å². The molecule has 4 heterocycles. The maximum Gasteiger partial charge on any atom is 0.0722 e. The van der Waals surface area contributed by atoms with E-state index in [0.29, 0.717) is 11.8 Å². The third-order valence-electron chi connectivity index (χ3n) is 10.3. The van der Waals surface area contributed by atoms with Crippen LogP contribution >= 0.6 is 0 Å². The summed E-state index contributed by atoms with van der Waals surface area (Å²) in [7, 11) is 0. The first-order chi connectivity index (χ1) is 25.4. The number of nitrogens with zero attached hydrogens (tertiary/aromatic N) is 4. The van der Waals surface area contributed by atoms with E-state index in [2.05, 4.69) is 135 Å². The summed E-state index contributed by atoms with van der Waals surface area (Å²) in [4.78, 5) is 4.40. The molecule has 264 valence electrons. The van der Waals surface area contributed by atoms with Gasteiger partial charge < -0.3 is 18.6 Å². The van der Waals surface area contributed by atoms with Gasteiger partial charge in [0.05, 0.1) is 17.4 Å². The number of anilines is 4. The topological polar surface area (TPSA) is 50.6 Å². The fourth-order valence-corrected chi connectivity index (χ4v) is 7.79. The number of furan rings is 2.